The predicted octanol–water partition coefficient (Wildman–Crippen LogP) is 3.14. The van der Waals surface area contributed by atoms with Crippen LogP contribution in [0.2, 0.25) is 0 Å². The Hall–Kier alpha value is -1.61. The van der Waals surface area contributed by atoms with E-state index in [2.05, 4.69) is 39.8 Å². The van der Waals surface area contributed by atoms with E-state index in [1.807, 2.05) is 42.2 Å². The molecule has 0 spiro atoms. The molecule has 2 rings (SSSR count). The fourth-order valence-corrected chi connectivity index (χ4v) is 2.46. The van der Waals surface area contributed by atoms with Gasteiger partial charge in [-0.15, -0.1) is 24.0 Å². The van der Waals surface area contributed by atoms with Gasteiger partial charge in [0.05, 0.1) is 18.8 Å². The van der Waals surface area contributed by atoms with Gasteiger partial charge in [0.2, 0.25) is 0 Å². The van der Waals surface area contributed by atoms with E-state index in [0.717, 1.165) is 32.0 Å². The third kappa shape index (κ3) is 8.18. The van der Waals surface area contributed by atoms with Crippen molar-refractivity contribution in [3.63, 3.8) is 0 Å². The highest BCUT2D eigenvalue weighted by Gasteiger charge is 2.04. The van der Waals surface area contributed by atoms with Crippen LogP contribution in [0.15, 0.2) is 47.7 Å². The van der Waals surface area contributed by atoms with Gasteiger partial charge in [0.25, 0.3) is 0 Å². The van der Waals surface area contributed by atoms with Crippen molar-refractivity contribution in [2.75, 3.05) is 26.7 Å². The van der Waals surface area contributed by atoms with Crippen LogP contribution in [0.25, 0.3) is 0 Å². The first kappa shape index (κ1) is 22.4. The molecule has 0 aliphatic rings. The van der Waals surface area contributed by atoms with Gasteiger partial charge in [-0.25, -0.2) is 0 Å². The zero-order valence-electron chi connectivity index (χ0n) is 15.8. The first-order valence-corrected chi connectivity index (χ1v) is 8.79. The third-order valence-electron chi connectivity index (χ3n) is 3.87. The van der Waals surface area contributed by atoms with Gasteiger partial charge >= 0.3 is 0 Å². The topological polar surface area (TPSA) is 63.5 Å². The van der Waals surface area contributed by atoms with E-state index in [1.54, 1.807) is 7.05 Å². The Morgan fingerprint density at radius 2 is 1.96 bits per heavy atom. The number of ether oxygens (including phenoxy) is 1. The number of benzene rings is 1. The summed E-state index contributed by atoms with van der Waals surface area (Å²) in [6, 6.07) is 10.3. The van der Waals surface area contributed by atoms with Gasteiger partial charge in [-0.3, -0.25) is 9.67 Å². The molecular formula is C19H30IN5O. The summed E-state index contributed by atoms with van der Waals surface area (Å²) >= 11 is 0. The van der Waals surface area contributed by atoms with E-state index in [-0.39, 0.29) is 30.1 Å². The van der Waals surface area contributed by atoms with E-state index in [4.69, 9.17) is 4.74 Å². The molecule has 26 heavy (non-hydrogen) atoms. The Kier molecular flexibility index (Phi) is 11.0. The molecule has 1 unspecified atom stereocenters. The van der Waals surface area contributed by atoms with E-state index < -0.39 is 0 Å². The third-order valence-corrected chi connectivity index (χ3v) is 3.87. The van der Waals surface area contributed by atoms with Crippen LogP contribution in [0.3, 0.4) is 0 Å². The normalized spacial score (nSPS) is 12.3. The van der Waals surface area contributed by atoms with Gasteiger partial charge in [-0.1, -0.05) is 30.3 Å². The number of hydrogen-bond acceptors (Lipinski definition) is 3. The van der Waals surface area contributed by atoms with Crippen molar-refractivity contribution in [2.24, 2.45) is 4.99 Å². The number of aryl methyl sites for hydroxylation is 1. The predicted molar refractivity (Wildman–Crippen MR) is 117 cm³/mol. The second kappa shape index (κ2) is 12.7. The van der Waals surface area contributed by atoms with Gasteiger partial charge in [0.15, 0.2) is 5.96 Å². The first-order valence-electron chi connectivity index (χ1n) is 8.79. The minimum absolute atomic E-state index is 0. The first-order chi connectivity index (χ1) is 12.2. The quantitative estimate of drug-likeness (QED) is 0.255. The summed E-state index contributed by atoms with van der Waals surface area (Å²) in [5.74, 6) is 0.806. The van der Waals surface area contributed by atoms with E-state index in [9.17, 15) is 0 Å². The van der Waals surface area contributed by atoms with Gasteiger partial charge in [-0.2, -0.15) is 5.10 Å². The number of nitrogens with one attached hydrogen (secondary N) is 2. The summed E-state index contributed by atoms with van der Waals surface area (Å²) in [6.45, 7) is 7.25. The van der Waals surface area contributed by atoms with Crippen LogP contribution in [-0.2, 0) is 11.3 Å². The largest absolute Gasteiger partial charge is 0.374 e. The minimum Gasteiger partial charge on any atom is -0.374 e. The van der Waals surface area contributed by atoms with Crippen molar-refractivity contribution in [2.45, 2.75) is 32.9 Å². The van der Waals surface area contributed by atoms with Crippen LogP contribution in [0.5, 0.6) is 0 Å². The molecule has 0 aliphatic heterocycles. The number of guanidine groups is 1. The number of halogens is 1. The Balaban J connectivity index is 0.00000338. The molecule has 0 aliphatic carbocycles. The Morgan fingerprint density at radius 1 is 1.23 bits per heavy atom. The van der Waals surface area contributed by atoms with Crippen LogP contribution in [0.1, 0.15) is 30.6 Å². The zero-order valence-corrected chi connectivity index (χ0v) is 18.1. The molecule has 2 aromatic rings. The maximum absolute atomic E-state index is 5.87. The molecule has 1 aromatic heterocycles. The molecule has 1 heterocycles. The molecule has 7 heteroatoms. The SMILES string of the molecule is CN=C(NCCCOC(C)c1ccccc1)NCCn1cc(C)cn1.I. The summed E-state index contributed by atoms with van der Waals surface area (Å²) in [7, 11) is 1.78. The highest BCUT2D eigenvalue weighted by atomic mass is 127. The molecule has 1 aromatic carbocycles. The monoisotopic (exact) mass is 471 g/mol. The maximum atomic E-state index is 5.87. The Labute approximate surface area is 173 Å². The Morgan fingerprint density at radius 3 is 2.62 bits per heavy atom. The lowest BCUT2D eigenvalue weighted by Gasteiger charge is -2.15. The van der Waals surface area contributed by atoms with Crippen molar-refractivity contribution >= 4 is 29.9 Å². The molecule has 144 valence electrons. The zero-order chi connectivity index (χ0) is 17.9. The lowest BCUT2D eigenvalue weighted by molar-refractivity contribution is 0.0646. The van der Waals surface area contributed by atoms with E-state index >= 15 is 0 Å². The van der Waals surface area contributed by atoms with E-state index in [0.29, 0.717) is 6.61 Å². The lowest BCUT2D eigenvalue weighted by Crippen LogP contribution is -2.39. The van der Waals surface area contributed by atoms with Gasteiger partial charge in [0, 0.05) is 32.9 Å². The Bertz CT molecular complexity index is 644. The molecule has 0 amide bonds. The molecule has 1 atom stereocenters. The van der Waals surface area contributed by atoms with Crippen LogP contribution in [0.4, 0.5) is 0 Å². The number of hydrogen-bond donors (Lipinski definition) is 2. The summed E-state index contributed by atoms with van der Waals surface area (Å²) < 4.78 is 7.80. The molecule has 0 fully saturated rings. The maximum Gasteiger partial charge on any atom is 0.191 e. The minimum atomic E-state index is 0. The van der Waals surface area contributed by atoms with Gasteiger partial charge < -0.3 is 15.4 Å². The highest BCUT2D eigenvalue weighted by molar-refractivity contribution is 14.0. The summed E-state index contributed by atoms with van der Waals surface area (Å²) in [4.78, 5) is 4.23. The second-order valence-electron chi connectivity index (χ2n) is 5.98. The summed E-state index contributed by atoms with van der Waals surface area (Å²) in [6.07, 6.45) is 4.94. The van der Waals surface area contributed by atoms with Crippen LogP contribution < -0.4 is 10.6 Å². The van der Waals surface area contributed by atoms with Crippen molar-refractivity contribution in [1.29, 1.82) is 0 Å². The number of aliphatic imine (C=N–C) groups is 1. The van der Waals surface area contributed by atoms with Crippen molar-refractivity contribution in [3.05, 3.63) is 53.9 Å². The number of nitrogens with zero attached hydrogens (tertiary/aromatic N) is 3. The highest BCUT2D eigenvalue weighted by Crippen LogP contribution is 2.15. The number of rotatable bonds is 9. The molecule has 0 saturated carbocycles. The van der Waals surface area contributed by atoms with Gasteiger partial charge in [-0.05, 0) is 31.4 Å². The smallest absolute Gasteiger partial charge is 0.191 e. The summed E-state index contributed by atoms with van der Waals surface area (Å²) in [5, 5.41) is 10.9. The summed E-state index contributed by atoms with van der Waals surface area (Å²) in [5.41, 5.74) is 2.38. The van der Waals surface area contributed by atoms with Crippen molar-refractivity contribution in [1.82, 2.24) is 20.4 Å². The molecule has 0 saturated heterocycles. The average molecular weight is 471 g/mol. The van der Waals surface area contributed by atoms with Crippen LogP contribution >= 0.6 is 24.0 Å². The molecule has 2 N–H and O–H groups in total. The second-order valence-corrected chi connectivity index (χ2v) is 5.98. The average Bonchev–Trinajstić information content (AvgIpc) is 3.05. The van der Waals surface area contributed by atoms with Gasteiger partial charge in [0.1, 0.15) is 0 Å². The standard InChI is InChI=1S/C19H29N5O.HI/c1-16-14-23-24(15-16)12-11-22-19(20-3)21-10-7-13-25-17(2)18-8-5-4-6-9-18;/h4-6,8-9,14-15,17H,7,10-13H2,1-3H3,(H2,20,21,22);1H. The molecule has 0 radical (unpaired) electrons. The fraction of sp³-hybridized carbons (Fsp3) is 0.474. The lowest BCUT2D eigenvalue weighted by atomic mass is 10.1. The van der Waals surface area contributed by atoms with Crippen molar-refractivity contribution in [3.8, 4) is 0 Å². The van der Waals surface area contributed by atoms with Crippen LogP contribution in [-0.4, -0.2) is 42.5 Å². The molecule has 6 nitrogen and oxygen atoms in total. The van der Waals surface area contributed by atoms with Crippen molar-refractivity contribution < 1.29 is 4.74 Å². The molecular weight excluding hydrogens is 441 g/mol. The fourth-order valence-electron chi connectivity index (χ4n) is 2.46. The van der Waals surface area contributed by atoms with Crippen LogP contribution in [0, 0.1) is 6.92 Å². The van der Waals surface area contributed by atoms with E-state index in [1.165, 1.54) is 11.1 Å². The molecule has 0 bridgehead atoms. The number of aromatic nitrogens is 2.